The monoisotopic (exact) mass is 278 g/mol. The van der Waals surface area contributed by atoms with Crippen LogP contribution in [0.4, 0.5) is 9.93 Å². The molecule has 0 saturated carbocycles. The molecular weight excluding hydrogens is 268 g/mol. The number of aromatic nitrogens is 1. The summed E-state index contributed by atoms with van der Waals surface area (Å²) in [5, 5.41) is -0.359. The van der Waals surface area contributed by atoms with E-state index >= 15 is 0 Å². The summed E-state index contributed by atoms with van der Waals surface area (Å²) in [5.41, 5.74) is 2.27. The molecule has 0 unspecified atom stereocenters. The second-order valence-corrected chi connectivity index (χ2v) is 4.33. The summed E-state index contributed by atoms with van der Waals surface area (Å²) in [6, 6.07) is 0. The van der Waals surface area contributed by atoms with Gasteiger partial charge in [-0.15, -0.1) is 0 Å². The van der Waals surface area contributed by atoms with Gasteiger partial charge in [0.25, 0.3) is 5.24 Å². The Morgan fingerprint density at radius 1 is 1.59 bits per heavy atom. The minimum absolute atomic E-state index is 0.251. The highest BCUT2D eigenvalue weighted by atomic mass is 35.5. The zero-order valence-corrected chi connectivity index (χ0v) is 10.6. The average Bonchev–Trinajstić information content (AvgIpc) is 2.75. The van der Waals surface area contributed by atoms with E-state index in [1.54, 1.807) is 0 Å². The quantitative estimate of drug-likeness (QED) is 0.373. The minimum Gasteiger partial charge on any atom is -0.433 e. The topological polar surface area (TPSA) is 77.5 Å². The number of nitrogens with one attached hydrogen (secondary N) is 1. The van der Waals surface area contributed by atoms with Gasteiger partial charge in [-0.2, -0.15) is 5.48 Å². The van der Waals surface area contributed by atoms with E-state index in [1.807, 2.05) is 6.92 Å². The molecule has 0 aliphatic heterocycles. The maximum atomic E-state index is 11.0. The van der Waals surface area contributed by atoms with Gasteiger partial charge in [0.1, 0.15) is 4.88 Å². The Labute approximate surface area is 107 Å². The number of nitrogens with zero attached hydrogens (tertiary/aromatic N) is 1. The van der Waals surface area contributed by atoms with Crippen molar-refractivity contribution in [3.8, 4) is 0 Å². The van der Waals surface area contributed by atoms with Crippen molar-refractivity contribution in [3.05, 3.63) is 11.1 Å². The molecule has 1 heterocycles. The number of anilines is 1. The van der Waals surface area contributed by atoms with Crippen LogP contribution in [-0.2, 0) is 9.57 Å². The van der Waals surface area contributed by atoms with Gasteiger partial charge in [-0.1, -0.05) is 24.7 Å². The van der Waals surface area contributed by atoms with Gasteiger partial charge >= 0.3 is 6.16 Å². The molecule has 6 nitrogen and oxygen atoms in total. The van der Waals surface area contributed by atoms with Crippen LogP contribution in [0.5, 0.6) is 0 Å². The second kappa shape index (κ2) is 7.08. The highest BCUT2D eigenvalue weighted by Crippen LogP contribution is 2.19. The number of unbranched alkanes of at least 4 members (excludes halogenated alkanes) is 1. The molecule has 1 rings (SSSR count). The van der Waals surface area contributed by atoms with Gasteiger partial charge < -0.3 is 9.57 Å². The van der Waals surface area contributed by atoms with E-state index in [2.05, 4.69) is 15.3 Å². The molecule has 94 valence electrons. The molecule has 0 aliphatic rings. The van der Waals surface area contributed by atoms with Crippen molar-refractivity contribution in [3.63, 3.8) is 0 Å². The smallest absolute Gasteiger partial charge is 0.433 e. The maximum absolute atomic E-state index is 11.0. The van der Waals surface area contributed by atoms with Crippen molar-refractivity contribution in [1.29, 1.82) is 0 Å². The minimum atomic E-state index is -0.840. The first-order valence-corrected chi connectivity index (χ1v) is 6.08. The fraction of sp³-hybridized carbons (Fsp3) is 0.444. The summed E-state index contributed by atoms with van der Waals surface area (Å²) in [7, 11) is 0. The van der Waals surface area contributed by atoms with Crippen molar-refractivity contribution in [2.24, 2.45) is 0 Å². The van der Waals surface area contributed by atoms with Gasteiger partial charge in [-0.05, 0) is 18.0 Å². The first kappa shape index (κ1) is 13.7. The van der Waals surface area contributed by atoms with Crippen molar-refractivity contribution in [2.45, 2.75) is 19.8 Å². The Balaban J connectivity index is 2.29. The number of halogens is 1. The van der Waals surface area contributed by atoms with E-state index in [4.69, 9.17) is 16.3 Å². The SMILES string of the molecule is CCCCOC(=O)ONc1ncc(C(=O)Cl)s1. The second-order valence-electron chi connectivity index (χ2n) is 2.96. The van der Waals surface area contributed by atoms with Crippen molar-refractivity contribution >= 4 is 39.5 Å². The van der Waals surface area contributed by atoms with Crippen LogP contribution in [0.15, 0.2) is 6.20 Å². The van der Waals surface area contributed by atoms with Crippen molar-refractivity contribution in [1.82, 2.24) is 4.98 Å². The Kier molecular flexibility index (Phi) is 5.71. The van der Waals surface area contributed by atoms with Gasteiger partial charge in [0, 0.05) is 0 Å². The van der Waals surface area contributed by atoms with E-state index in [0.717, 1.165) is 24.2 Å². The maximum Gasteiger partial charge on any atom is 0.533 e. The lowest BCUT2D eigenvalue weighted by atomic mass is 10.4. The Morgan fingerprint density at radius 2 is 2.35 bits per heavy atom. The molecule has 0 saturated heterocycles. The summed E-state index contributed by atoms with van der Waals surface area (Å²) in [5.74, 6) is 0. The third kappa shape index (κ3) is 5.01. The van der Waals surface area contributed by atoms with E-state index in [-0.39, 0.29) is 10.0 Å². The molecule has 1 aromatic rings. The number of rotatable bonds is 6. The van der Waals surface area contributed by atoms with Crippen molar-refractivity contribution in [2.75, 3.05) is 12.1 Å². The average molecular weight is 279 g/mol. The van der Waals surface area contributed by atoms with Crippen LogP contribution in [0.3, 0.4) is 0 Å². The molecule has 0 fully saturated rings. The third-order valence-electron chi connectivity index (χ3n) is 1.64. The number of thiazole rings is 1. The highest BCUT2D eigenvalue weighted by Gasteiger charge is 2.09. The number of carbonyl (C=O) groups excluding carboxylic acids is 2. The van der Waals surface area contributed by atoms with Crippen LogP contribution < -0.4 is 5.48 Å². The van der Waals surface area contributed by atoms with Gasteiger partial charge in [-0.25, -0.2) is 9.78 Å². The Hall–Kier alpha value is -1.34. The van der Waals surface area contributed by atoms with Crippen LogP contribution in [0.1, 0.15) is 29.4 Å². The standard InChI is InChI=1S/C9H11ClN2O4S/c1-2-3-4-15-9(14)16-12-8-11-5-6(17-8)7(10)13/h5H,2-4H2,1H3,(H,11,12). The largest absolute Gasteiger partial charge is 0.533 e. The van der Waals surface area contributed by atoms with E-state index < -0.39 is 11.4 Å². The van der Waals surface area contributed by atoms with Crippen molar-refractivity contribution < 1.29 is 19.2 Å². The summed E-state index contributed by atoms with van der Waals surface area (Å²) >= 11 is 6.21. The van der Waals surface area contributed by atoms with Crippen LogP contribution in [0.2, 0.25) is 0 Å². The third-order valence-corrected chi connectivity index (χ3v) is 2.85. The predicted octanol–water partition coefficient (Wildman–Crippen LogP) is 2.80. The fourth-order valence-corrected chi connectivity index (χ4v) is 1.57. The van der Waals surface area contributed by atoms with E-state index in [1.165, 1.54) is 6.20 Å². The fourth-order valence-electron chi connectivity index (χ4n) is 0.827. The van der Waals surface area contributed by atoms with Gasteiger partial charge in [0.05, 0.1) is 12.8 Å². The molecule has 0 aromatic carbocycles. The molecule has 0 spiro atoms. The molecule has 1 N–H and O–H groups in total. The molecule has 8 heteroatoms. The van der Waals surface area contributed by atoms with Crippen LogP contribution in [-0.4, -0.2) is 23.0 Å². The lowest BCUT2D eigenvalue weighted by Crippen LogP contribution is -2.12. The lowest BCUT2D eigenvalue weighted by Gasteiger charge is -2.04. The molecular formula is C9H11ClN2O4S. The highest BCUT2D eigenvalue weighted by molar-refractivity contribution is 7.18. The predicted molar refractivity (Wildman–Crippen MR) is 63.3 cm³/mol. The summed E-state index contributed by atoms with van der Waals surface area (Å²) in [6.07, 6.45) is 2.15. The van der Waals surface area contributed by atoms with E-state index in [9.17, 15) is 9.59 Å². The first-order chi connectivity index (χ1) is 8.13. The Bertz CT molecular complexity index is 396. The molecule has 0 amide bonds. The van der Waals surface area contributed by atoms with Gasteiger partial charge in [0.15, 0.2) is 0 Å². The summed E-state index contributed by atoms with van der Waals surface area (Å²) < 4.78 is 4.72. The zero-order valence-electron chi connectivity index (χ0n) is 9.07. The van der Waals surface area contributed by atoms with Crippen LogP contribution >= 0.6 is 22.9 Å². The first-order valence-electron chi connectivity index (χ1n) is 4.88. The molecule has 0 atom stereocenters. The number of carbonyl (C=O) groups is 2. The zero-order chi connectivity index (χ0) is 12.7. The van der Waals surface area contributed by atoms with Gasteiger partial charge in [-0.3, -0.25) is 4.79 Å². The summed E-state index contributed by atoms with van der Waals surface area (Å²) in [6.45, 7) is 2.29. The van der Waals surface area contributed by atoms with Crippen LogP contribution in [0.25, 0.3) is 0 Å². The van der Waals surface area contributed by atoms with Crippen LogP contribution in [0, 0.1) is 0 Å². The molecule has 0 aliphatic carbocycles. The Morgan fingerprint density at radius 3 is 2.94 bits per heavy atom. The molecule has 1 aromatic heterocycles. The molecule has 17 heavy (non-hydrogen) atoms. The summed E-state index contributed by atoms with van der Waals surface area (Å²) in [4.78, 5) is 30.3. The number of ether oxygens (including phenoxy) is 1. The molecule has 0 bridgehead atoms. The molecule has 0 radical (unpaired) electrons. The lowest BCUT2D eigenvalue weighted by molar-refractivity contribution is 0.0708. The number of hydrogen-bond acceptors (Lipinski definition) is 7. The van der Waals surface area contributed by atoms with E-state index in [0.29, 0.717) is 6.61 Å². The number of hydrogen-bond donors (Lipinski definition) is 1. The normalized spacial score (nSPS) is 9.76. The van der Waals surface area contributed by atoms with Gasteiger partial charge in [0.2, 0.25) is 5.13 Å².